The molecule has 7 nitrogen and oxygen atoms in total. The van der Waals surface area contributed by atoms with E-state index in [0.717, 1.165) is 33.6 Å². The fraction of sp³-hybridized carbons (Fsp3) is 0.409. The number of hydrogen-bond acceptors (Lipinski definition) is 6. The molecule has 3 heterocycles. The second kappa shape index (κ2) is 8.55. The molecule has 1 unspecified atom stereocenters. The Morgan fingerprint density at radius 3 is 2.80 bits per heavy atom. The lowest BCUT2D eigenvalue weighted by Crippen LogP contribution is -2.33. The molecule has 0 N–H and O–H groups in total. The lowest BCUT2D eigenvalue weighted by atomic mass is 10.2. The highest BCUT2D eigenvalue weighted by Crippen LogP contribution is 2.32. The summed E-state index contributed by atoms with van der Waals surface area (Å²) in [6.07, 6.45) is 1.60. The number of hydrogen-bond donors (Lipinski definition) is 0. The summed E-state index contributed by atoms with van der Waals surface area (Å²) in [7, 11) is 0. The van der Waals surface area contributed by atoms with Crippen molar-refractivity contribution >= 4 is 17.5 Å². The van der Waals surface area contributed by atoms with Crippen LogP contribution in [0.3, 0.4) is 0 Å². The molecule has 4 rings (SSSR count). The van der Waals surface area contributed by atoms with E-state index in [0.29, 0.717) is 18.9 Å². The summed E-state index contributed by atoms with van der Waals surface area (Å²) in [5, 5.41) is 8.86. The van der Waals surface area contributed by atoms with Crippen LogP contribution in [0.15, 0.2) is 41.8 Å². The van der Waals surface area contributed by atoms with E-state index in [1.165, 1.54) is 11.8 Å². The molecule has 0 spiro atoms. The zero-order valence-corrected chi connectivity index (χ0v) is 18.5. The Kier molecular flexibility index (Phi) is 5.85. The first-order chi connectivity index (χ1) is 14.4. The lowest BCUT2D eigenvalue weighted by molar-refractivity contribution is 0.0777. The molecular formula is C22H26N4O3S. The molecule has 0 radical (unpaired) electrons. The summed E-state index contributed by atoms with van der Waals surface area (Å²) < 4.78 is 16.0. The molecule has 1 aliphatic heterocycles. The van der Waals surface area contributed by atoms with Crippen molar-refractivity contribution in [1.82, 2.24) is 19.3 Å². The average molecular weight is 427 g/mol. The van der Waals surface area contributed by atoms with Crippen molar-refractivity contribution in [2.45, 2.75) is 51.5 Å². The predicted molar refractivity (Wildman–Crippen MR) is 116 cm³/mol. The fourth-order valence-electron chi connectivity index (χ4n) is 3.62. The van der Waals surface area contributed by atoms with Gasteiger partial charge < -0.3 is 18.6 Å². The average Bonchev–Trinajstić information content (AvgIpc) is 3.32. The fourth-order valence-corrected chi connectivity index (χ4v) is 4.55. The number of fused-ring (bicyclic) bond motifs is 1. The SMILES string of the molecule is Cc1cc(C(=O)CSc2nncn2C(C)C)c(C)n1CC1COc2ccccc2O1. The van der Waals surface area contributed by atoms with Crippen molar-refractivity contribution < 1.29 is 14.3 Å². The maximum atomic E-state index is 12.9. The van der Waals surface area contributed by atoms with Gasteiger partial charge in [0.25, 0.3) is 0 Å². The second-order valence-electron chi connectivity index (χ2n) is 7.72. The van der Waals surface area contributed by atoms with Crippen LogP contribution in [0.25, 0.3) is 0 Å². The van der Waals surface area contributed by atoms with E-state index in [9.17, 15) is 4.79 Å². The van der Waals surface area contributed by atoms with Gasteiger partial charge in [-0.15, -0.1) is 10.2 Å². The molecule has 8 heteroatoms. The normalized spacial score (nSPS) is 15.6. The van der Waals surface area contributed by atoms with E-state index in [1.807, 2.05) is 48.7 Å². The molecule has 3 aromatic rings. The Labute approximate surface area is 180 Å². The number of aromatic nitrogens is 4. The molecule has 0 aliphatic carbocycles. The summed E-state index contributed by atoms with van der Waals surface area (Å²) in [6, 6.07) is 9.91. The summed E-state index contributed by atoms with van der Waals surface area (Å²) in [4.78, 5) is 12.9. The topological polar surface area (TPSA) is 71.2 Å². The van der Waals surface area contributed by atoms with Crippen molar-refractivity contribution in [3.63, 3.8) is 0 Å². The lowest BCUT2D eigenvalue weighted by Gasteiger charge is -2.27. The first-order valence-corrected chi connectivity index (χ1v) is 11.0. The van der Waals surface area contributed by atoms with E-state index in [4.69, 9.17) is 9.47 Å². The van der Waals surface area contributed by atoms with Crippen LogP contribution in [-0.4, -0.2) is 43.6 Å². The van der Waals surface area contributed by atoms with Gasteiger partial charge in [-0.3, -0.25) is 4.79 Å². The highest BCUT2D eigenvalue weighted by molar-refractivity contribution is 7.99. The third-order valence-corrected chi connectivity index (χ3v) is 6.21. The Bertz CT molecular complexity index is 1060. The molecule has 158 valence electrons. The molecule has 0 fully saturated rings. The number of aryl methyl sites for hydroxylation is 1. The van der Waals surface area contributed by atoms with E-state index in [-0.39, 0.29) is 17.9 Å². The summed E-state index contributed by atoms with van der Waals surface area (Å²) in [6.45, 7) is 9.26. The third kappa shape index (κ3) is 4.09. The summed E-state index contributed by atoms with van der Waals surface area (Å²) in [5.41, 5.74) is 2.73. The van der Waals surface area contributed by atoms with E-state index in [2.05, 4.69) is 28.6 Å². The van der Waals surface area contributed by atoms with Gasteiger partial charge in [0.2, 0.25) is 0 Å². The van der Waals surface area contributed by atoms with Gasteiger partial charge in [0.1, 0.15) is 12.9 Å². The van der Waals surface area contributed by atoms with Crippen LogP contribution in [-0.2, 0) is 6.54 Å². The van der Waals surface area contributed by atoms with Gasteiger partial charge in [-0.05, 0) is 45.9 Å². The summed E-state index contributed by atoms with van der Waals surface area (Å²) in [5.74, 6) is 1.95. The molecule has 0 bridgehead atoms. The van der Waals surface area contributed by atoms with Gasteiger partial charge in [-0.25, -0.2) is 0 Å². The number of carbonyl (C=O) groups excluding carboxylic acids is 1. The van der Waals surface area contributed by atoms with Gasteiger partial charge >= 0.3 is 0 Å². The molecule has 0 saturated carbocycles. The minimum atomic E-state index is -0.105. The van der Waals surface area contributed by atoms with Crippen molar-refractivity contribution in [2.24, 2.45) is 0 Å². The number of thioether (sulfide) groups is 1. The predicted octanol–water partition coefficient (Wildman–Crippen LogP) is 4.09. The minimum absolute atomic E-state index is 0.0869. The van der Waals surface area contributed by atoms with Crippen LogP contribution in [0.5, 0.6) is 11.5 Å². The van der Waals surface area contributed by atoms with E-state index < -0.39 is 0 Å². The second-order valence-corrected chi connectivity index (χ2v) is 8.66. The summed E-state index contributed by atoms with van der Waals surface area (Å²) >= 11 is 1.42. The van der Waals surface area contributed by atoms with Crippen molar-refractivity contribution in [2.75, 3.05) is 12.4 Å². The van der Waals surface area contributed by atoms with Crippen LogP contribution in [0.2, 0.25) is 0 Å². The monoisotopic (exact) mass is 426 g/mol. The molecule has 0 saturated heterocycles. The Morgan fingerprint density at radius 1 is 1.27 bits per heavy atom. The third-order valence-electron chi connectivity index (χ3n) is 5.26. The van der Waals surface area contributed by atoms with Crippen LogP contribution in [0.1, 0.15) is 41.6 Å². The smallest absolute Gasteiger partial charge is 0.191 e. The number of nitrogens with zero attached hydrogens (tertiary/aromatic N) is 4. The number of ether oxygens (including phenoxy) is 2. The van der Waals surface area contributed by atoms with E-state index >= 15 is 0 Å². The number of rotatable bonds is 7. The Morgan fingerprint density at radius 2 is 2.03 bits per heavy atom. The van der Waals surface area contributed by atoms with Crippen LogP contribution in [0, 0.1) is 13.8 Å². The highest BCUT2D eigenvalue weighted by Gasteiger charge is 2.24. The first-order valence-electron chi connectivity index (χ1n) is 10.0. The number of ketones is 1. The van der Waals surface area contributed by atoms with Crippen LogP contribution in [0.4, 0.5) is 0 Å². The van der Waals surface area contributed by atoms with Crippen molar-refractivity contribution in [1.29, 1.82) is 0 Å². The van der Waals surface area contributed by atoms with E-state index in [1.54, 1.807) is 6.33 Å². The van der Waals surface area contributed by atoms with Crippen LogP contribution >= 0.6 is 11.8 Å². The number of Topliss-reactive ketones (excluding diaryl/α,β-unsaturated/α-hetero) is 1. The van der Waals surface area contributed by atoms with Crippen LogP contribution < -0.4 is 9.47 Å². The largest absolute Gasteiger partial charge is 0.486 e. The van der Waals surface area contributed by atoms with Gasteiger partial charge in [-0.1, -0.05) is 23.9 Å². The maximum Gasteiger partial charge on any atom is 0.191 e. The number of benzene rings is 1. The zero-order chi connectivity index (χ0) is 21.3. The zero-order valence-electron chi connectivity index (χ0n) is 17.7. The maximum absolute atomic E-state index is 12.9. The Hall–Kier alpha value is -2.74. The number of para-hydroxylation sites is 2. The minimum Gasteiger partial charge on any atom is -0.486 e. The standard InChI is InChI=1S/C22H26N4O3S/c1-14(2)26-13-23-24-22(26)30-12-19(27)18-9-15(3)25(16(18)4)10-17-11-28-20-7-5-6-8-21(20)29-17/h5-9,13-14,17H,10-12H2,1-4H3. The molecule has 1 aromatic carbocycles. The molecule has 0 amide bonds. The number of carbonyl (C=O) groups is 1. The Balaban J connectivity index is 1.44. The highest BCUT2D eigenvalue weighted by atomic mass is 32.2. The van der Waals surface area contributed by atoms with Crippen molar-refractivity contribution in [3.05, 3.63) is 53.6 Å². The molecule has 1 aliphatic rings. The quantitative estimate of drug-likeness (QED) is 0.419. The van der Waals surface area contributed by atoms with Gasteiger partial charge in [-0.2, -0.15) is 0 Å². The first kappa shape index (κ1) is 20.5. The molecular weight excluding hydrogens is 400 g/mol. The molecule has 30 heavy (non-hydrogen) atoms. The van der Waals surface area contributed by atoms with Gasteiger partial charge in [0.05, 0.1) is 12.3 Å². The van der Waals surface area contributed by atoms with Crippen molar-refractivity contribution in [3.8, 4) is 11.5 Å². The van der Waals surface area contributed by atoms with Gasteiger partial charge in [0, 0.05) is 23.0 Å². The molecule has 2 aromatic heterocycles. The van der Waals surface area contributed by atoms with Gasteiger partial charge in [0.15, 0.2) is 28.5 Å². The molecule has 1 atom stereocenters.